The first-order valence-corrected chi connectivity index (χ1v) is 12.6. The Labute approximate surface area is 199 Å². The fourth-order valence-corrected chi connectivity index (χ4v) is 5.49. The van der Waals surface area contributed by atoms with Gasteiger partial charge in [-0.05, 0) is 47.9 Å². The van der Waals surface area contributed by atoms with Crippen LogP contribution in [0.15, 0.2) is 72.0 Å². The van der Waals surface area contributed by atoms with Gasteiger partial charge in [0.25, 0.3) is 0 Å². The summed E-state index contributed by atoms with van der Waals surface area (Å²) in [5.41, 5.74) is 1.83. The van der Waals surface area contributed by atoms with Gasteiger partial charge in [-0.2, -0.15) is 4.31 Å². The Morgan fingerprint density at radius 3 is 2.33 bits per heavy atom. The summed E-state index contributed by atoms with van der Waals surface area (Å²) in [5.74, 6) is 0.785. The van der Waals surface area contributed by atoms with Crippen molar-refractivity contribution in [3.63, 3.8) is 0 Å². The molecule has 0 bridgehead atoms. The number of halogens is 1. The number of anilines is 1. The maximum Gasteiger partial charge on any atom is 0.243 e. The molecule has 1 fully saturated rings. The molecule has 0 saturated carbocycles. The number of aromatic nitrogens is 2. The van der Waals surface area contributed by atoms with Gasteiger partial charge in [-0.15, -0.1) is 0 Å². The first-order valence-electron chi connectivity index (χ1n) is 10.8. The predicted molar refractivity (Wildman–Crippen MR) is 128 cm³/mol. The average Bonchev–Trinajstić information content (AvgIpc) is 2.84. The number of hydrogen-bond acceptors (Lipinski definition) is 6. The highest BCUT2D eigenvalue weighted by atomic mass is 35.5. The summed E-state index contributed by atoms with van der Waals surface area (Å²) in [6.45, 7) is 1.73. The van der Waals surface area contributed by atoms with E-state index in [9.17, 15) is 13.2 Å². The fourth-order valence-electron chi connectivity index (χ4n) is 3.82. The molecule has 1 saturated heterocycles. The summed E-state index contributed by atoms with van der Waals surface area (Å²) >= 11 is 6.22. The molecular weight excluding hydrogens is 460 g/mol. The highest BCUT2D eigenvalue weighted by molar-refractivity contribution is 7.89. The van der Waals surface area contributed by atoms with E-state index in [0.29, 0.717) is 49.9 Å². The molecular formula is C24H25ClN4O3S. The van der Waals surface area contributed by atoms with Crippen molar-refractivity contribution in [3.05, 3.63) is 83.3 Å². The fraction of sp³-hybridized carbons (Fsp3) is 0.292. The number of ketones is 1. The zero-order valence-electron chi connectivity index (χ0n) is 18.1. The molecule has 0 N–H and O–H groups in total. The number of pyridine rings is 2. The largest absolute Gasteiger partial charge is 0.353 e. The number of rotatable bonds is 8. The number of carbonyl (C=O) groups is 1. The van der Waals surface area contributed by atoms with Crippen LogP contribution in [0.1, 0.15) is 17.5 Å². The van der Waals surface area contributed by atoms with Gasteiger partial charge in [0, 0.05) is 57.6 Å². The SMILES string of the molecule is O=C(CCc1cccnc1)Cc1ccc(S(=O)(=O)N2CCN(c3ncccc3Cl)CC2)cc1. The number of nitrogens with zero attached hydrogens (tertiary/aromatic N) is 4. The Balaban J connectivity index is 1.33. The average molecular weight is 485 g/mol. The van der Waals surface area contributed by atoms with Crippen molar-refractivity contribution in [1.82, 2.24) is 14.3 Å². The number of sulfonamides is 1. The van der Waals surface area contributed by atoms with E-state index in [4.69, 9.17) is 11.6 Å². The van der Waals surface area contributed by atoms with E-state index in [0.717, 1.165) is 11.1 Å². The summed E-state index contributed by atoms with van der Waals surface area (Å²) in [4.78, 5) is 22.9. The van der Waals surface area contributed by atoms with Gasteiger partial charge in [0.2, 0.25) is 10.0 Å². The quantitative estimate of drug-likeness (QED) is 0.487. The first-order chi connectivity index (χ1) is 15.9. The van der Waals surface area contributed by atoms with Crippen LogP contribution in [-0.4, -0.2) is 54.7 Å². The molecule has 1 aliphatic heterocycles. The molecule has 1 aliphatic rings. The van der Waals surface area contributed by atoms with E-state index in [2.05, 4.69) is 9.97 Å². The van der Waals surface area contributed by atoms with Crippen LogP contribution in [0.2, 0.25) is 5.02 Å². The molecule has 0 aliphatic carbocycles. The van der Waals surface area contributed by atoms with Crippen LogP contribution in [0.3, 0.4) is 0 Å². The lowest BCUT2D eigenvalue weighted by molar-refractivity contribution is -0.118. The zero-order chi connectivity index (χ0) is 23.3. The summed E-state index contributed by atoms with van der Waals surface area (Å²) < 4.78 is 27.6. The second-order valence-corrected chi connectivity index (χ2v) is 10.3. The summed E-state index contributed by atoms with van der Waals surface area (Å²) in [5, 5.41) is 0.555. The van der Waals surface area contributed by atoms with Gasteiger partial charge >= 0.3 is 0 Å². The zero-order valence-corrected chi connectivity index (χ0v) is 19.7. The highest BCUT2D eigenvalue weighted by Gasteiger charge is 2.29. The van der Waals surface area contributed by atoms with Crippen molar-refractivity contribution in [2.24, 2.45) is 0 Å². The Kier molecular flexibility index (Phi) is 7.37. The summed E-state index contributed by atoms with van der Waals surface area (Å²) in [6, 6.07) is 14.0. The number of hydrogen-bond donors (Lipinski definition) is 0. The topological polar surface area (TPSA) is 83.5 Å². The van der Waals surface area contributed by atoms with Gasteiger partial charge in [0.15, 0.2) is 0 Å². The Hall–Kier alpha value is -2.81. The van der Waals surface area contributed by atoms with Crippen molar-refractivity contribution in [3.8, 4) is 0 Å². The molecule has 0 unspecified atom stereocenters. The molecule has 3 heterocycles. The second kappa shape index (κ2) is 10.4. The number of Topliss-reactive ketones (excluding diaryl/α,β-unsaturated/α-hetero) is 1. The minimum atomic E-state index is -3.61. The third kappa shape index (κ3) is 5.76. The van der Waals surface area contributed by atoms with Gasteiger partial charge in [-0.1, -0.05) is 29.8 Å². The van der Waals surface area contributed by atoms with Crippen LogP contribution in [0.25, 0.3) is 0 Å². The molecule has 33 heavy (non-hydrogen) atoms. The Morgan fingerprint density at radius 1 is 0.939 bits per heavy atom. The summed E-state index contributed by atoms with van der Waals surface area (Å²) in [7, 11) is -3.61. The van der Waals surface area contributed by atoms with E-state index in [1.807, 2.05) is 17.0 Å². The van der Waals surface area contributed by atoms with Crippen LogP contribution in [0, 0.1) is 0 Å². The molecule has 172 valence electrons. The van der Waals surface area contributed by atoms with E-state index in [-0.39, 0.29) is 17.1 Å². The third-order valence-electron chi connectivity index (χ3n) is 5.65. The molecule has 7 nitrogen and oxygen atoms in total. The molecule has 0 spiro atoms. The number of piperazine rings is 1. The third-order valence-corrected chi connectivity index (χ3v) is 7.86. The maximum atomic E-state index is 13.1. The molecule has 0 radical (unpaired) electrons. The van der Waals surface area contributed by atoms with Crippen molar-refractivity contribution in [1.29, 1.82) is 0 Å². The minimum Gasteiger partial charge on any atom is -0.353 e. The van der Waals surface area contributed by atoms with Crippen LogP contribution in [0.4, 0.5) is 5.82 Å². The van der Waals surface area contributed by atoms with E-state index in [1.165, 1.54) is 4.31 Å². The molecule has 9 heteroatoms. The van der Waals surface area contributed by atoms with Gasteiger partial charge < -0.3 is 4.90 Å². The van der Waals surface area contributed by atoms with Crippen LogP contribution in [0.5, 0.6) is 0 Å². The molecule has 0 atom stereocenters. The second-order valence-electron chi connectivity index (χ2n) is 7.92. The standard InChI is InChI=1S/C24H25ClN4O3S/c25-23-4-2-12-27-24(23)28-13-15-29(16-14-28)33(31,32)22-9-6-19(7-10-22)17-21(30)8-5-20-3-1-11-26-18-20/h1-4,6-7,9-12,18H,5,8,13-17H2. The molecule has 2 aromatic heterocycles. The van der Waals surface area contributed by atoms with Crippen molar-refractivity contribution >= 4 is 33.2 Å². The Bertz CT molecular complexity index is 1200. The van der Waals surface area contributed by atoms with Crippen molar-refractivity contribution < 1.29 is 13.2 Å². The lowest BCUT2D eigenvalue weighted by Crippen LogP contribution is -2.49. The Morgan fingerprint density at radius 2 is 1.67 bits per heavy atom. The first kappa shape index (κ1) is 23.4. The lowest BCUT2D eigenvalue weighted by atomic mass is 10.0. The van der Waals surface area contributed by atoms with Gasteiger partial charge in [-0.3, -0.25) is 9.78 Å². The predicted octanol–water partition coefficient (Wildman–Crippen LogP) is 3.39. The van der Waals surface area contributed by atoms with Crippen LogP contribution < -0.4 is 4.90 Å². The van der Waals surface area contributed by atoms with Crippen molar-refractivity contribution in [2.45, 2.75) is 24.2 Å². The number of benzene rings is 1. The molecule has 4 rings (SSSR count). The highest BCUT2D eigenvalue weighted by Crippen LogP contribution is 2.25. The lowest BCUT2D eigenvalue weighted by Gasteiger charge is -2.35. The normalized spacial score (nSPS) is 14.9. The van der Waals surface area contributed by atoms with E-state index < -0.39 is 10.0 Å². The van der Waals surface area contributed by atoms with Crippen LogP contribution >= 0.6 is 11.6 Å². The number of carbonyl (C=O) groups excluding carboxylic acids is 1. The smallest absolute Gasteiger partial charge is 0.243 e. The van der Waals surface area contributed by atoms with Crippen molar-refractivity contribution in [2.75, 3.05) is 31.1 Å². The van der Waals surface area contributed by atoms with Gasteiger partial charge in [0.1, 0.15) is 11.6 Å². The summed E-state index contributed by atoms with van der Waals surface area (Å²) in [6.07, 6.45) is 6.50. The van der Waals surface area contributed by atoms with Gasteiger partial charge in [-0.25, -0.2) is 13.4 Å². The molecule has 3 aromatic rings. The van der Waals surface area contributed by atoms with E-state index in [1.54, 1.807) is 55.0 Å². The van der Waals surface area contributed by atoms with Gasteiger partial charge in [0.05, 0.1) is 9.92 Å². The van der Waals surface area contributed by atoms with E-state index >= 15 is 0 Å². The van der Waals surface area contributed by atoms with Crippen LogP contribution in [-0.2, 0) is 27.7 Å². The number of aryl methyl sites for hydroxylation is 1. The monoisotopic (exact) mass is 484 g/mol. The maximum absolute atomic E-state index is 13.1. The molecule has 0 amide bonds. The minimum absolute atomic E-state index is 0.110. The molecule has 1 aromatic carbocycles.